The van der Waals surface area contributed by atoms with Crippen molar-refractivity contribution in [1.82, 2.24) is 15.2 Å². The number of carboxylic acid groups (broad SMARTS) is 1. The summed E-state index contributed by atoms with van der Waals surface area (Å²) in [5.41, 5.74) is 0.0525. The van der Waals surface area contributed by atoms with Crippen LogP contribution in [0.2, 0.25) is 0 Å². The summed E-state index contributed by atoms with van der Waals surface area (Å²) >= 11 is 1.30. The number of carboxylic acids is 1. The minimum atomic E-state index is -1.03. The molecule has 0 radical (unpaired) electrons. The molecule has 1 aliphatic heterocycles. The van der Waals surface area contributed by atoms with E-state index in [-0.39, 0.29) is 17.8 Å². The van der Waals surface area contributed by atoms with Crippen molar-refractivity contribution < 1.29 is 19.1 Å². The summed E-state index contributed by atoms with van der Waals surface area (Å²) in [7, 11) is 0. The molecule has 1 fully saturated rings. The van der Waals surface area contributed by atoms with Gasteiger partial charge in [0, 0.05) is 24.9 Å². The highest BCUT2D eigenvalue weighted by Crippen LogP contribution is 2.30. The summed E-state index contributed by atoms with van der Waals surface area (Å²) in [4.78, 5) is 29.3. The topological polar surface area (TPSA) is 95.7 Å². The standard InChI is InChI=1S/C17H21N3O4S/c21-16(22)12-11-25-15(19-12)7-8-18-17(23)20-9-3-1-2-5-13(20)14-6-4-10-24-14/h4,6,10-11,13H,1-3,5,7-9H2,(H,18,23)(H,21,22)/t13-/m0/s1. The lowest BCUT2D eigenvalue weighted by atomic mass is 10.1. The molecule has 0 aromatic carbocycles. The van der Waals surface area contributed by atoms with E-state index in [0.717, 1.165) is 31.4 Å². The molecule has 0 unspecified atom stereocenters. The van der Waals surface area contributed by atoms with E-state index in [1.807, 2.05) is 17.0 Å². The molecule has 8 heteroatoms. The molecule has 1 aliphatic rings. The SMILES string of the molecule is O=C(O)c1csc(CCNC(=O)N2CCCCC[C@H]2c2ccco2)n1. The second-order valence-electron chi connectivity index (χ2n) is 5.99. The summed E-state index contributed by atoms with van der Waals surface area (Å²) in [5.74, 6) is -0.208. The van der Waals surface area contributed by atoms with Crippen molar-refractivity contribution in [2.45, 2.75) is 38.1 Å². The van der Waals surface area contributed by atoms with Gasteiger partial charge in [-0.3, -0.25) is 0 Å². The molecule has 0 aliphatic carbocycles. The quantitative estimate of drug-likeness (QED) is 0.850. The maximum absolute atomic E-state index is 12.6. The van der Waals surface area contributed by atoms with Crippen LogP contribution in [-0.4, -0.2) is 40.1 Å². The highest BCUT2D eigenvalue weighted by Gasteiger charge is 2.28. The van der Waals surface area contributed by atoms with Gasteiger partial charge >= 0.3 is 12.0 Å². The van der Waals surface area contributed by atoms with Gasteiger partial charge in [0.15, 0.2) is 5.69 Å². The normalized spacial score (nSPS) is 17.9. The average Bonchev–Trinajstić information content (AvgIpc) is 3.23. The van der Waals surface area contributed by atoms with E-state index in [4.69, 9.17) is 9.52 Å². The van der Waals surface area contributed by atoms with Crippen molar-refractivity contribution in [2.75, 3.05) is 13.1 Å². The number of furan rings is 1. The monoisotopic (exact) mass is 363 g/mol. The van der Waals surface area contributed by atoms with Crippen LogP contribution in [0.15, 0.2) is 28.2 Å². The lowest BCUT2D eigenvalue weighted by molar-refractivity contribution is 0.0691. The Bertz CT molecular complexity index is 713. The summed E-state index contributed by atoms with van der Waals surface area (Å²) in [6, 6.07) is 3.62. The Hall–Kier alpha value is -2.35. The first-order valence-electron chi connectivity index (χ1n) is 8.40. The smallest absolute Gasteiger partial charge is 0.355 e. The van der Waals surface area contributed by atoms with Crippen molar-refractivity contribution in [3.05, 3.63) is 40.2 Å². The van der Waals surface area contributed by atoms with Gasteiger partial charge in [-0.25, -0.2) is 14.6 Å². The molecule has 25 heavy (non-hydrogen) atoms. The fraction of sp³-hybridized carbons (Fsp3) is 0.471. The van der Waals surface area contributed by atoms with Crippen molar-refractivity contribution in [2.24, 2.45) is 0 Å². The number of urea groups is 1. The number of carbonyl (C=O) groups is 2. The predicted octanol–water partition coefficient (Wildman–Crippen LogP) is 3.30. The number of aromatic carboxylic acids is 1. The molecule has 3 rings (SSSR count). The third-order valence-corrected chi connectivity index (χ3v) is 5.18. The number of hydrogen-bond donors (Lipinski definition) is 2. The Morgan fingerprint density at radius 1 is 1.40 bits per heavy atom. The Morgan fingerprint density at radius 2 is 2.28 bits per heavy atom. The third kappa shape index (κ3) is 4.39. The number of aromatic nitrogens is 1. The Balaban J connectivity index is 1.57. The van der Waals surface area contributed by atoms with Crippen LogP contribution in [0.1, 0.15) is 53.0 Å². The van der Waals surface area contributed by atoms with Crippen molar-refractivity contribution in [1.29, 1.82) is 0 Å². The molecule has 2 aromatic rings. The van der Waals surface area contributed by atoms with Gasteiger partial charge in [-0.05, 0) is 25.0 Å². The largest absolute Gasteiger partial charge is 0.476 e. The molecule has 1 saturated heterocycles. The van der Waals surface area contributed by atoms with Gasteiger partial charge in [0.25, 0.3) is 0 Å². The van der Waals surface area contributed by atoms with Crippen LogP contribution in [0.4, 0.5) is 4.79 Å². The molecule has 2 N–H and O–H groups in total. The summed E-state index contributed by atoms with van der Waals surface area (Å²) in [5, 5.41) is 14.0. The van der Waals surface area contributed by atoms with E-state index in [1.54, 1.807) is 6.26 Å². The Labute approximate surface area is 149 Å². The third-order valence-electron chi connectivity index (χ3n) is 4.27. The number of thiazole rings is 1. The minimum absolute atomic E-state index is 0.0315. The fourth-order valence-electron chi connectivity index (χ4n) is 3.03. The molecule has 2 aromatic heterocycles. The second kappa shape index (κ2) is 8.15. The van der Waals surface area contributed by atoms with Crippen LogP contribution in [0.25, 0.3) is 0 Å². The molecule has 0 bridgehead atoms. The number of rotatable bonds is 5. The Kier molecular flexibility index (Phi) is 5.70. The maximum atomic E-state index is 12.6. The predicted molar refractivity (Wildman–Crippen MR) is 92.8 cm³/mol. The van der Waals surface area contributed by atoms with Crippen LogP contribution < -0.4 is 5.32 Å². The molecule has 1 atom stereocenters. The zero-order valence-corrected chi connectivity index (χ0v) is 14.6. The molecular weight excluding hydrogens is 342 g/mol. The zero-order valence-electron chi connectivity index (χ0n) is 13.8. The van der Waals surface area contributed by atoms with Crippen LogP contribution >= 0.6 is 11.3 Å². The van der Waals surface area contributed by atoms with Gasteiger partial charge in [-0.15, -0.1) is 11.3 Å². The van der Waals surface area contributed by atoms with E-state index < -0.39 is 5.97 Å². The van der Waals surface area contributed by atoms with Crippen molar-refractivity contribution in [3.8, 4) is 0 Å². The Morgan fingerprint density at radius 3 is 3.00 bits per heavy atom. The number of nitrogens with zero attached hydrogens (tertiary/aromatic N) is 2. The molecule has 7 nitrogen and oxygen atoms in total. The van der Waals surface area contributed by atoms with E-state index >= 15 is 0 Å². The first kappa shape index (κ1) is 17.5. The van der Waals surface area contributed by atoms with Crippen LogP contribution in [-0.2, 0) is 6.42 Å². The summed E-state index contributed by atoms with van der Waals surface area (Å²) in [6.45, 7) is 1.13. The number of carbonyl (C=O) groups excluding carboxylic acids is 1. The van der Waals surface area contributed by atoms with Gasteiger partial charge in [0.2, 0.25) is 0 Å². The first-order chi connectivity index (χ1) is 12.1. The highest BCUT2D eigenvalue weighted by molar-refractivity contribution is 7.09. The van der Waals surface area contributed by atoms with Crippen LogP contribution in [0.3, 0.4) is 0 Å². The highest BCUT2D eigenvalue weighted by atomic mass is 32.1. The maximum Gasteiger partial charge on any atom is 0.355 e. The number of likely N-dealkylation sites (tertiary alicyclic amines) is 1. The van der Waals surface area contributed by atoms with Crippen molar-refractivity contribution >= 4 is 23.3 Å². The molecule has 134 valence electrons. The van der Waals surface area contributed by atoms with E-state index in [2.05, 4.69) is 10.3 Å². The number of amides is 2. The van der Waals surface area contributed by atoms with Gasteiger partial charge < -0.3 is 19.7 Å². The summed E-state index contributed by atoms with van der Waals surface area (Å²) < 4.78 is 5.52. The lowest BCUT2D eigenvalue weighted by Crippen LogP contribution is -2.42. The zero-order chi connectivity index (χ0) is 17.6. The van der Waals surface area contributed by atoms with Gasteiger partial charge in [-0.1, -0.05) is 12.8 Å². The molecule has 3 heterocycles. The second-order valence-corrected chi connectivity index (χ2v) is 6.93. The fourth-order valence-corrected chi connectivity index (χ4v) is 3.80. The van der Waals surface area contributed by atoms with E-state index in [0.29, 0.717) is 24.5 Å². The van der Waals surface area contributed by atoms with E-state index in [1.165, 1.54) is 16.7 Å². The molecular formula is C17H21N3O4S. The number of hydrogen-bond acceptors (Lipinski definition) is 5. The summed E-state index contributed by atoms with van der Waals surface area (Å²) in [6.07, 6.45) is 6.22. The molecule has 2 amide bonds. The van der Waals surface area contributed by atoms with Crippen LogP contribution in [0, 0.1) is 0 Å². The van der Waals surface area contributed by atoms with E-state index in [9.17, 15) is 9.59 Å². The van der Waals surface area contributed by atoms with Gasteiger partial charge in [-0.2, -0.15) is 0 Å². The lowest BCUT2D eigenvalue weighted by Gasteiger charge is -2.28. The molecule has 0 saturated carbocycles. The van der Waals surface area contributed by atoms with Crippen LogP contribution in [0.5, 0.6) is 0 Å². The first-order valence-corrected chi connectivity index (χ1v) is 9.28. The van der Waals surface area contributed by atoms with Gasteiger partial charge in [0.05, 0.1) is 17.3 Å². The van der Waals surface area contributed by atoms with Crippen molar-refractivity contribution in [3.63, 3.8) is 0 Å². The number of nitrogens with one attached hydrogen (secondary N) is 1. The molecule has 0 spiro atoms. The van der Waals surface area contributed by atoms with Gasteiger partial charge in [0.1, 0.15) is 5.76 Å². The average molecular weight is 363 g/mol. The minimum Gasteiger partial charge on any atom is -0.476 e.